The molecule has 0 aliphatic heterocycles. The van der Waals surface area contributed by atoms with E-state index in [0.717, 1.165) is 22.4 Å². The molecule has 0 spiro atoms. The maximum Gasteiger partial charge on any atom is 0.141 e. The molecule has 0 radical (unpaired) electrons. The molecule has 0 atom stereocenters. The highest BCUT2D eigenvalue weighted by Crippen LogP contribution is 2.26. The van der Waals surface area contributed by atoms with Crippen LogP contribution in [0.15, 0.2) is 42.7 Å². The zero-order valence-electron chi connectivity index (χ0n) is 11.9. The summed E-state index contributed by atoms with van der Waals surface area (Å²) < 4.78 is 0. The summed E-state index contributed by atoms with van der Waals surface area (Å²) in [6.07, 6.45) is 1.60. The van der Waals surface area contributed by atoms with Crippen molar-refractivity contribution in [3.8, 4) is 0 Å². The lowest BCUT2D eigenvalue weighted by molar-refractivity contribution is 1.21. The van der Waals surface area contributed by atoms with Gasteiger partial charge in [-0.05, 0) is 50.1 Å². The summed E-state index contributed by atoms with van der Waals surface area (Å²) >= 11 is 0. The Hall–Kier alpha value is -2.42. The molecule has 0 aliphatic rings. The van der Waals surface area contributed by atoms with Crippen LogP contribution < -0.4 is 5.32 Å². The lowest BCUT2D eigenvalue weighted by Gasteiger charge is -2.12. The number of hydrogen-bond donors (Lipinski definition) is 1. The van der Waals surface area contributed by atoms with E-state index in [1.807, 2.05) is 6.07 Å². The maximum atomic E-state index is 4.39. The fraction of sp³-hybridized carbons (Fsp3) is 0.176. The van der Waals surface area contributed by atoms with Gasteiger partial charge < -0.3 is 5.32 Å². The average molecular weight is 263 g/mol. The minimum Gasteiger partial charge on any atom is -0.339 e. The van der Waals surface area contributed by atoms with E-state index in [0.29, 0.717) is 0 Å². The molecular formula is C17H17N3. The SMILES string of the molecule is Cc1ccc2ncnc(Nc3cccc(C)c3C)c2c1. The zero-order chi connectivity index (χ0) is 14.1. The molecule has 0 saturated heterocycles. The van der Waals surface area contributed by atoms with Gasteiger partial charge >= 0.3 is 0 Å². The molecule has 0 fully saturated rings. The van der Waals surface area contributed by atoms with E-state index in [9.17, 15) is 0 Å². The maximum absolute atomic E-state index is 4.39. The van der Waals surface area contributed by atoms with Crippen molar-refractivity contribution in [3.63, 3.8) is 0 Å². The van der Waals surface area contributed by atoms with Crippen LogP contribution in [0.25, 0.3) is 10.9 Å². The standard InChI is InChI=1S/C17H17N3/c1-11-7-8-16-14(9-11)17(19-10-18-16)20-15-6-4-5-12(2)13(15)3/h4-10H,1-3H3,(H,18,19,20). The second kappa shape index (κ2) is 4.93. The Balaban J connectivity index is 2.11. The van der Waals surface area contributed by atoms with E-state index in [-0.39, 0.29) is 0 Å². The number of rotatable bonds is 2. The van der Waals surface area contributed by atoms with Crippen LogP contribution in [0.3, 0.4) is 0 Å². The summed E-state index contributed by atoms with van der Waals surface area (Å²) in [5.41, 5.74) is 5.76. The molecule has 2 aromatic carbocycles. The van der Waals surface area contributed by atoms with E-state index in [4.69, 9.17) is 0 Å². The first-order valence-corrected chi connectivity index (χ1v) is 6.70. The zero-order valence-corrected chi connectivity index (χ0v) is 11.9. The molecule has 1 N–H and O–H groups in total. The van der Waals surface area contributed by atoms with E-state index < -0.39 is 0 Å². The molecule has 0 unspecified atom stereocenters. The van der Waals surface area contributed by atoms with Gasteiger partial charge in [0.2, 0.25) is 0 Å². The molecule has 0 amide bonds. The average Bonchev–Trinajstić information content (AvgIpc) is 2.44. The molecule has 0 aliphatic carbocycles. The van der Waals surface area contributed by atoms with E-state index in [2.05, 4.69) is 66.4 Å². The third kappa shape index (κ3) is 2.23. The number of aryl methyl sites for hydroxylation is 2. The molecular weight excluding hydrogens is 246 g/mol. The van der Waals surface area contributed by atoms with Gasteiger partial charge in [-0.2, -0.15) is 0 Å². The number of nitrogens with zero attached hydrogens (tertiary/aromatic N) is 2. The highest BCUT2D eigenvalue weighted by Gasteiger charge is 2.06. The lowest BCUT2D eigenvalue weighted by Crippen LogP contribution is -1.98. The molecule has 3 rings (SSSR count). The topological polar surface area (TPSA) is 37.8 Å². The molecule has 0 bridgehead atoms. The van der Waals surface area contributed by atoms with E-state index in [1.54, 1.807) is 6.33 Å². The first-order chi connectivity index (χ1) is 9.65. The number of hydrogen-bond acceptors (Lipinski definition) is 3. The molecule has 3 aromatic rings. The summed E-state index contributed by atoms with van der Waals surface area (Å²) in [4.78, 5) is 8.71. The smallest absolute Gasteiger partial charge is 0.141 e. The van der Waals surface area contributed by atoms with Gasteiger partial charge in [-0.1, -0.05) is 23.8 Å². The molecule has 3 nitrogen and oxygen atoms in total. The van der Waals surface area contributed by atoms with Gasteiger partial charge in [0.05, 0.1) is 5.52 Å². The lowest BCUT2D eigenvalue weighted by atomic mass is 10.1. The first-order valence-electron chi connectivity index (χ1n) is 6.70. The van der Waals surface area contributed by atoms with Gasteiger partial charge in [0, 0.05) is 11.1 Å². The summed E-state index contributed by atoms with van der Waals surface area (Å²) in [5, 5.41) is 4.48. The third-order valence-electron chi connectivity index (χ3n) is 3.65. The second-order valence-electron chi connectivity index (χ2n) is 5.12. The van der Waals surface area contributed by atoms with Crippen molar-refractivity contribution < 1.29 is 0 Å². The number of fused-ring (bicyclic) bond motifs is 1. The predicted octanol–water partition coefficient (Wildman–Crippen LogP) is 4.30. The molecule has 1 aromatic heterocycles. The van der Waals surface area contributed by atoms with Crippen LogP contribution in [0.1, 0.15) is 16.7 Å². The van der Waals surface area contributed by atoms with Crippen molar-refractivity contribution in [1.29, 1.82) is 0 Å². The fourth-order valence-electron chi connectivity index (χ4n) is 2.28. The van der Waals surface area contributed by atoms with Crippen LogP contribution in [-0.4, -0.2) is 9.97 Å². The Morgan fingerprint density at radius 3 is 2.65 bits per heavy atom. The molecule has 20 heavy (non-hydrogen) atoms. The Labute approximate surface area is 118 Å². The van der Waals surface area contributed by atoms with Crippen molar-refractivity contribution in [2.45, 2.75) is 20.8 Å². The predicted molar refractivity (Wildman–Crippen MR) is 83.5 cm³/mol. The van der Waals surface area contributed by atoms with Crippen molar-refractivity contribution >= 4 is 22.4 Å². The summed E-state index contributed by atoms with van der Waals surface area (Å²) in [5.74, 6) is 0.854. The summed E-state index contributed by atoms with van der Waals surface area (Å²) in [7, 11) is 0. The van der Waals surface area contributed by atoms with Crippen LogP contribution in [0.4, 0.5) is 11.5 Å². The van der Waals surface area contributed by atoms with Crippen molar-refractivity contribution in [1.82, 2.24) is 9.97 Å². The van der Waals surface area contributed by atoms with E-state index >= 15 is 0 Å². The van der Waals surface area contributed by atoms with Crippen LogP contribution in [-0.2, 0) is 0 Å². The van der Waals surface area contributed by atoms with Crippen LogP contribution >= 0.6 is 0 Å². The monoisotopic (exact) mass is 263 g/mol. The van der Waals surface area contributed by atoms with Gasteiger partial charge in [-0.3, -0.25) is 0 Å². The fourth-order valence-corrected chi connectivity index (χ4v) is 2.28. The molecule has 100 valence electrons. The van der Waals surface area contributed by atoms with E-state index in [1.165, 1.54) is 16.7 Å². The Bertz CT molecular complexity index is 778. The Morgan fingerprint density at radius 2 is 1.80 bits per heavy atom. The number of nitrogens with one attached hydrogen (secondary N) is 1. The number of aromatic nitrogens is 2. The number of anilines is 2. The Kier molecular flexibility index (Phi) is 3.11. The van der Waals surface area contributed by atoms with Gasteiger partial charge in [0.1, 0.15) is 12.1 Å². The quantitative estimate of drug-likeness (QED) is 0.749. The van der Waals surface area contributed by atoms with Gasteiger partial charge in [-0.25, -0.2) is 9.97 Å². The summed E-state index contributed by atoms with van der Waals surface area (Å²) in [6, 6.07) is 12.5. The highest BCUT2D eigenvalue weighted by atomic mass is 15.0. The normalized spacial score (nSPS) is 10.8. The highest BCUT2D eigenvalue weighted by molar-refractivity contribution is 5.91. The van der Waals surface area contributed by atoms with Crippen LogP contribution in [0.5, 0.6) is 0 Å². The van der Waals surface area contributed by atoms with Crippen molar-refractivity contribution in [2.75, 3.05) is 5.32 Å². The van der Waals surface area contributed by atoms with Gasteiger partial charge in [0.25, 0.3) is 0 Å². The second-order valence-corrected chi connectivity index (χ2v) is 5.12. The Morgan fingerprint density at radius 1 is 0.950 bits per heavy atom. The molecule has 0 saturated carbocycles. The van der Waals surface area contributed by atoms with Gasteiger partial charge in [0.15, 0.2) is 0 Å². The first kappa shape index (κ1) is 12.6. The molecule has 1 heterocycles. The van der Waals surface area contributed by atoms with Crippen LogP contribution in [0, 0.1) is 20.8 Å². The van der Waals surface area contributed by atoms with Crippen molar-refractivity contribution in [2.24, 2.45) is 0 Å². The van der Waals surface area contributed by atoms with Crippen molar-refractivity contribution in [3.05, 3.63) is 59.4 Å². The minimum absolute atomic E-state index is 0.854. The van der Waals surface area contributed by atoms with Gasteiger partial charge in [-0.15, -0.1) is 0 Å². The molecule has 3 heteroatoms. The summed E-state index contributed by atoms with van der Waals surface area (Å²) in [6.45, 7) is 6.31. The largest absolute Gasteiger partial charge is 0.339 e. The third-order valence-corrected chi connectivity index (χ3v) is 3.65. The number of benzene rings is 2. The minimum atomic E-state index is 0.854. The van der Waals surface area contributed by atoms with Crippen LogP contribution in [0.2, 0.25) is 0 Å².